The number of amides is 2. The average molecular weight is 304 g/mol. The Morgan fingerprint density at radius 1 is 1.36 bits per heavy atom. The van der Waals surface area contributed by atoms with Gasteiger partial charge in [-0.05, 0) is 37.3 Å². The topological polar surface area (TPSA) is 68.7 Å². The van der Waals surface area contributed by atoms with Crippen molar-refractivity contribution in [2.24, 2.45) is 0 Å². The molecule has 1 aliphatic carbocycles. The van der Waals surface area contributed by atoms with Gasteiger partial charge in [-0.3, -0.25) is 0 Å². The molecule has 0 unspecified atom stereocenters. The van der Waals surface area contributed by atoms with Crippen molar-refractivity contribution in [3.8, 4) is 0 Å². The second kappa shape index (κ2) is 6.96. The van der Waals surface area contributed by atoms with Crippen LogP contribution in [0.15, 0.2) is 18.3 Å². The molecular formula is C16H24N4O2. The Morgan fingerprint density at radius 2 is 2.14 bits per heavy atom. The maximum atomic E-state index is 12.1. The number of hydrogen-bond acceptors (Lipinski definition) is 4. The van der Waals surface area contributed by atoms with Crippen LogP contribution in [0.25, 0.3) is 0 Å². The van der Waals surface area contributed by atoms with Gasteiger partial charge in [-0.25, -0.2) is 9.78 Å². The highest BCUT2D eigenvalue weighted by Crippen LogP contribution is 2.26. The minimum atomic E-state index is -0.0971. The molecule has 22 heavy (non-hydrogen) atoms. The minimum Gasteiger partial charge on any atom is -0.395 e. The van der Waals surface area contributed by atoms with Gasteiger partial charge in [-0.15, -0.1) is 0 Å². The predicted octanol–water partition coefficient (Wildman–Crippen LogP) is 1.35. The van der Waals surface area contributed by atoms with Crippen LogP contribution in [-0.2, 0) is 6.54 Å². The summed E-state index contributed by atoms with van der Waals surface area (Å²) < 4.78 is 0. The highest BCUT2D eigenvalue weighted by molar-refractivity contribution is 5.74. The van der Waals surface area contributed by atoms with E-state index in [0.29, 0.717) is 19.1 Å². The Bertz CT molecular complexity index is 495. The largest absolute Gasteiger partial charge is 0.395 e. The van der Waals surface area contributed by atoms with Crippen LogP contribution in [-0.4, -0.2) is 53.3 Å². The van der Waals surface area contributed by atoms with Gasteiger partial charge in [0.1, 0.15) is 5.82 Å². The van der Waals surface area contributed by atoms with E-state index in [0.717, 1.165) is 37.3 Å². The summed E-state index contributed by atoms with van der Waals surface area (Å²) in [5.41, 5.74) is 0.996. The van der Waals surface area contributed by atoms with E-state index in [2.05, 4.69) is 15.2 Å². The van der Waals surface area contributed by atoms with Crippen molar-refractivity contribution in [2.45, 2.75) is 38.3 Å². The number of pyridine rings is 1. The van der Waals surface area contributed by atoms with E-state index in [-0.39, 0.29) is 12.6 Å². The van der Waals surface area contributed by atoms with E-state index < -0.39 is 0 Å². The summed E-state index contributed by atoms with van der Waals surface area (Å²) in [5, 5.41) is 12.0. The lowest BCUT2D eigenvalue weighted by Crippen LogP contribution is -2.42. The van der Waals surface area contributed by atoms with E-state index in [9.17, 15) is 4.79 Å². The fraction of sp³-hybridized carbons (Fsp3) is 0.625. The van der Waals surface area contributed by atoms with Crippen LogP contribution in [0, 0.1) is 0 Å². The summed E-state index contributed by atoms with van der Waals surface area (Å²) >= 11 is 0. The zero-order valence-corrected chi connectivity index (χ0v) is 12.9. The van der Waals surface area contributed by atoms with Gasteiger partial charge in [0.05, 0.1) is 6.61 Å². The van der Waals surface area contributed by atoms with Crippen LogP contribution < -0.4 is 10.2 Å². The number of urea groups is 1. The van der Waals surface area contributed by atoms with Crippen molar-refractivity contribution in [3.63, 3.8) is 0 Å². The van der Waals surface area contributed by atoms with Gasteiger partial charge in [0.25, 0.3) is 0 Å². The number of aromatic nitrogens is 1. The molecule has 2 N–H and O–H groups in total. The minimum absolute atomic E-state index is 0.00993. The zero-order valence-electron chi connectivity index (χ0n) is 12.9. The van der Waals surface area contributed by atoms with Gasteiger partial charge in [-0.1, -0.05) is 6.07 Å². The second-order valence-corrected chi connectivity index (χ2v) is 6.03. The summed E-state index contributed by atoms with van der Waals surface area (Å²) in [6.45, 7) is 3.06. The first-order chi connectivity index (χ1) is 10.8. The number of carbonyl (C=O) groups excluding carboxylic acids is 1. The van der Waals surface area contributed by atoms with Crippen molar-refractivity contribution in [2.75, 3.05) is 31.1 Å². The molecule has 1 aromatic heterocycles. The molecule has 2 amide bonds. The normalized spacial score (nSPS) is 17.6. The maximum Gasteiger partial charge on any atom is 0.317 e. The molecule has 0 radical (unpaired) electrons. The van der Waals surface area contributed by atoms with Crippen LogP contribution >= 0.6 is 0 Å². The quantitative estimate of drug-likeness (QED) is 0.832. The third kappa shape index (κ3) is 3.68. The van der Waals surface area contributed by atoms with Crippen molar-refractivity contribution in [3.05, 3.63) is 23.9 Å². The molecule has 2 aliphatic rings. The van der Waals surface area contributed by atoms with Crippen LogP contribution in [0.3, 0.4) is 0 Å². The first-order valence-corrected chi connectivity index (χ1v) is 8.13. The fourth-order valence-corrected chi connectivity index (χ4v) is 2.88. The third-order valence-electron chi connectivity index (χ3n) is 4.27. The predicted molar refractivity (Wildman–Crippen MR) is 84.7 cm³/mol. The van der Waals surface area contributed by atoms with E-state index in [1.165, 1.54) is 12.8 Å². The Hall–Kier alpha value is -1.82. The lowest BCUT2D eigenvalue weighted by Gasteiger charge is -2.22. The summed E-state index contributed by atoms with van der Waals surface area (Å²) in [6.07, 6.45) is 6.39. The number of anilines is 1. The van der Waals surface area contributed by atoms with Crippen LogP contribution in [0.5, 0.6) is 0 Å². The Kier molecular flexibility index (Phi) is 4.77. The molecule has 2 heterocycles. The fourth-order valence-electron chi connectivity index (χ4n) is 2.88. The van der Waals surface area contributed by atoms with Crippen molar-refractivity contribution in [1.29, 1.82) is 0 Å². The summed E-state index contributed by atoms with van der Waals surface area (Å²) in [6, 6.07) is 4.26. The first kappa shape index (κ1) is 15.1. The second-order valence-electron chi connectivity index (χ2n) is 6.03. The van der Waals surface area contributed by atoms with Gasteiger partial charge in [-0.2, -0.15) is 0 Å². The summed E-state index contributed by atoms with van der Waals surface area (Å²) in [7, 11) is 0. The standard InChI is InChI=1S/C16H24N4O2/c21-10-9-20(14-4-5-14)16(22)18-12-13-3-6-15(17-11-13)19-7-1-2-8-19/h3,6,11,14,21H,1-2,4-5,7-10,12H2,(H,18,22). The van der Waals surface area contributed by atoms with E-state index in [1.807, 2.05) is 18.3 Å². The number of nitrogens with one attached hydrogen (secondary N) is 1. The summed E-state index contributed by atoms with van der Waals surface area (Å²) in [5.74, 6) is 1.02. The van der Waals surface area contributed by atoms with E-state index in [1.54, 1.807) is 4.90 Å². The highest BCUT2D eigenvalue weighted by Gasteiger charge is 2.31. The van der Waals surface area contributed by atoms with Crippen LogP contribution in [0.4, 0.5) is 10.6 Å². The molecule has 0 spiro atoms. The molecule has 1 saturated heterocycles. The first-order valence-electron chi connectivity index (χ1n) is 8.13. The van der Waals surface area contributed by atoms with Crippen molar-refractivity contribution < 1.29 is 9.90 Å². The van der Waals surface area contributed by atoms with Crippen molar-refractivity contribution in [1.82, 2.24) is 15.2 Å². The molecule has 120 valence electrons. The van der Waals surface area contributed by atoms with E-state index >= 15 is 0 Å². The monoisotopic (exact) mass is 304 g/mol. The highest BCUT2D eigenvalue weighted by atomic mass is 16.3. The average Bonchev–Trinajstić information content (AvgIpc) is 3.24. The molecule has 3 rings (SSSR count). The molecular weight excluding hydrogens is 280 g/mol. The molecule has 2 fully saturated rings. The molecule has 1 saturated carbocycles. The van der Waals surface area contributed by atoms with Gasteiger partial charge in [0.2, 0.25) is 0 Å². The SMILES string of the molecule is O=C(NCc1ccc(N2CCCC2)nc1)N(CCO)C1CC1. The number of aliphatic hydroxyl groups excluding tert-OH is 1. The number of carbonyl (C=O) groups is 1. The Morgan fingerprint density at radius 3 is 2.73 bits per heavy atom. The third-order valence-corrected chi connectivity index (χ3v) is 4.27. The molecule has 0 bridgehead atoms. The number of nitrogens with zero attached hydrogens (tertiary/aromatic N) is 3. The zero-order chi connectivity index (χ0) is 15.4. The smallest absolute Gasteiger partial charge is 0.317 e. The Balaban J connectivity index is 1.51. The van der Waals surface area contributed by atoms with Gasteiger partial charge < -0.3 is 20.2 Å². The molecule has 6 heteroatoms. The summed E-state index contributed by atoms with van der Waals surface area (Å²) in [4.78, 5) is 20.6. The van der Waals surface area contributed by atoms with Gasteiger partial charge in [0, 0.05) is 38.4 Å². The molecule has 0 atom stereocenters. The van der Waals surface area contributed by atoms with E-state index in [4.69, 9.17) is 5.11 Å². The maximum absolute atomic E-state index is 12.1. The Labute approximate surface area is 131 Å². The number of hydrogen-bond donors (Lipinski definition) is 2. The van der Waals surface area contributed by atoms with Gasteiger partial charge >= 0.3 is 6.03 Å². The molecule has 1 aromatic rings. The molecule has 1 aliphatic heterocycles. The van der Waals surface area contributed by atoms with Crippen molar-refractivity contribution >= 4 is 11.8 Å². The van der Waals surface area contributed by atoms with Crippen LogP contribution in [0.1, 0.15) is 31.2 Å². The number of aliphatic hydroxyl groups is 1. The molecule has 6 nitrogen and oxygen atoms in total. The number of rotatable bonds is 6. The lowest BCUT2D eigenvalue weighted by molar-refractivity contribution is 0.173. The lowest BCUT2D eigenvalue weighted by atomic mass is 10.3. The van der Waals surface area contributed by atoms with Gasteiger partial charge in [0.15, 0.2) is 0 Å². The van der Waals surface area contributed by atoms with Crippen LogP contribution in [0.2, 0.25) is 0 Å². The molecule has 0 aromatic carbocycles.